The molecule has 0 spiro atoms. The van der Waals surface area contributed by atoms with Gasteiger partial charge in [-0.2, -0.15) is 0 Å². The first-order valence-corrected chi connectivity index (χ1v) is 16.9. The van der Waals surface area contributed by atoms with Crippen LogP contribution in [-0.4, -0.2) is 81.6 Å². The number of likely N-dealkylation sites (N-methyl/N-ethyl adjacent to an activating group) is 1. The third-order valence-electron chi connectivity index (χ3n) is 6.47. The normalized spacial score (nSPS) is 13.9. The molecule has 0 aromatic heterocycles. The van der Waals surface area contributed by atoms with Crippen molar-refractivity contribution in [3.8, 4) is 0 Å². The highest BCUT2D eigenvalue weighted by molar-refractivity contribution is 7.47. The van der Waals surface area contributed by atoms with E-state index in [9.17, 15) is 19.0 Å². The van der Waals surface area contributed by atoms with Crippen LogP contribution in [0.15, 0.2) is 0 Å². The van der Waals surface area contributed by atoms with Gasteiger partial charge in [-0.15, -0.1) is 0 Å². The second-order valence-electron chi connectivity index (χ2n) is 11.7. The quantitative estimate of drug-likeness (QED) is 0.0463. The van der Waals surface area contributed by atoms with E-state index in [0.29, 0.717) is 17.6 Å². The van der Waals surface area contributed by atoms with E-state index in [4.69, 9.17) is 18.5 Å². The number of amides is 1. The van der Waals surface area contributed by atoms with E-state index in [-0.39, 0.29) is 13.2 Å². The van der Waals surface area contributed by atoms with Gasteiger partial charge in [0.1, 0.15) is 19.8 Å². The Kier molecular flexibility index (Phi) is 23.7. The molecule has 0 fully saturated rings. The average Bonchev–Trinajstić information content (AvgIpc) is 2.86. The minimum absolute atomic E-state index is 0.0216. The molecule has 2 N–H and O–H groups in total. The maximum Gasteiger partial charge on any atom is 0.472 e. The summed E-state index contributed by atoms with van der Waals surface area (Å²) in [7, 11) is 1.44. The molecule has 11 heteroatoms. The van der Waals surface area contributed by atoms with Gasteiger partial charge in [0.05, 0.1) is 27.7 Å². The van der Waals surface area contributed by atoms with E-state index in [2.05, 4.69) is 12.2 Å². The highest BCUT2D eigenvalue weighted by Crippen LogP contribution is 2.43. The first-order chi connectivity index (χ1) is 18.9. The smallest absolute Gasteiger partial charge is 0.456 e. The molecule has 10 nitrogen and oxygen atoms in total. The number of ether oxygens (including phenoxy) is 2. The summed E-state index contributed by atoms with van der Waals surface area (Å²) in [5, 5.41) is 2.68. The number of alkyl carbamates (subject to hydrolysis) is 1. The summed E-state index contributed by atoms with van der Waals surface area (Å²) >= 11 is 0. The highest BCUT2D eigenvalue weighted by Gasteiger charge is 2.26. The molecule has 0 aliphatic carbocycles. The predicted molar refractivity (Wildman–Crippen MR) is 159 cm³/mol. The van der Waals surface area contributed by atoms with Gasteiger partial charge in [-0.25, -0.2) is 9.36 Å². The molecule has 0 radical (unpaired) electrons. The SMILES string of the molecule is CCCCCCCCCCCCCCCCCCNC(=O)OCC(COP(=O)(O)OCC[N+](C)(C)C)OC(C)=O. The van der Waals surface area contributed by atoms with Crippen molar-refractivity contribution in [1.82, 2.24) is 5.32 Å². The number of rotatable bonds is 27. The van der Waals surface area contributed by atoms with Gasteiger partial charge in [0.2, 0.25) is 0 Å². The number of unbranched alkanes of at least 4 members (excludes halogenated alkanes) is 15. The molecule has 0 aliphatic rings. The van der Waals surface area contributed by atoms with Crippen LogP contribution in [0.5, 0.6) is 0 Å². The summed E-state index contributed by atoms with van der Waals surface area (Å²) in [6.45, 7) is 3.74. The van der Waals surface area contributed by atoms with Crippen molar-refractivity contribution < 1.29 is 42.1 Å². The molecule has 2 unspecified atom stereocenters. The van der Waals surface area contributed by atoms with Gasteiger partial charge in [0.15, 0.2) is 6.10 Å². The Bertz CT molecular complexity index is 687. The topological polar surface area (TPSA) is 120 Å². The summed E-state index contributed by atoms with van der Waals surface area (Å²) in [6.07, 6.45) is 18.9. The van der Waals surface area contributed by atoms with Crippen molar-refractivity contribution in [2.75, 3.05) is 54.1 Å². The first kappa shape index (κ1) is 38.8. The molecule has 2 atom stereocenters. The zero-order valence-corrected chi connectivity index (χ0v) is 27.0. The van der Waals surface area contributed by atoms with Crippen molar-refractivity contribution >= 4 is 19.9 Å². The minimum Gasteiger partial charge on any atom is -0.456 e. The second-order valence-corrected chi connectivity index (χ2v) is 13.1. The van der Waals surface area contributed by atoms with E-state index >= 15 is 0 Å². The lowest BCUT2D eigenvalue weighted by Crippen LogP contribution is -2.37. The monoisotopic (exact) mass is 595 g/mol. The van der Waals surface area contributed by atoms with Crippen LogP contribution in [0.2, 0.25) is 0 Å². The second kappa shape index (κ2) is 24.4. The molecule has 0 bridgehead atoms. The van der Waals surface area contributed by atoms with Crippen LogP contribution >= 0.6 is 7.82 Å². The summed E-state index contributed by atoms with van der Waals surface area (Å²) < 4.78 is 32.6. The van der Waals surface area contributed by atoms with Crippen LogP contribution in [0.3, 0.4) is 0 Å². The van der Waals surface area contributed by atoms with Crippen LogP contribution in [0, 0.1) is 0 Å². The van der Waals surface area contributed by atoms with E-state index in [0.717, 1.165) is 19.3 Å². The third kappa shape index (κ3) is 28.3. The predicted octanol–water partition coefficient (Wildman–Crippen LogP) is 6.75. The van der Waals surface area contributed by atoms with E-state index in [1.54, 1.807) is 0 Å². The average molecular weight is 596 g/mol. The molecule has 0 aromatic rings. The lowest BCUT2D eigenvalue weighted by atomic mass is 10.0. The standard InChI is InChI=1S/C29H59N2O8P/c1-6-7-8-9-10-11-12-13-14-15-16-17-18-19-20-21-22-30-29(33)36-25-28(39-27(2)32)26-38-40(34,35)37-24-23-31(3,4)5/h28H,6-26H2,1-5H3,(H-,30,33,34,35)/p+1. The molecule has 0 rings (SSSR count). The van der Waals surface area contributed by atoms with Gasteiger partial charge in [-0.05, 0) is 6.42 Å². The molecule has 1 amide bonds. The number of phosphoric ester groups is 1. The first-order valence-electron chi connectivity index (χ1n) is 15.5. The van der Waals surface area contributed by atoms with Gasteiger partial charge in [-0.1, -0.05) is 103 Å². The number of nitrogens with one attached hydrogen (secondary N) is 1. The number of quaternary nitrogens is 1. The number of carbonyl (C=O) groups is 2. The van der Waals surface area contributed by atoms with Gasteiger partial charge in [-0.3, -0.25) is 13.8 Å². The number of hydrogen-bond donors (Lipinski definition) is 2. The zero-order valence-electron chi connectivity index (χ0n) is 26.1. The molecule has 0 aliphatic heterocycles. The summed E-state index contributed by atoms with van der Waals surface area (Å²) in [4.78, 5) is 33.2. The zero-order chi connectivity index (χ0) is 30.1. The van der Waals surface area contributed by atoms with E-state index in [1.807, 2.05) is 21.1 Å². The van der Waals surface area contributed by atoms with Crippen molar-refractivity contribution in [2.45, 2.75) is 123 Å². The van der Waals surface area contributed by atoms with Crippen LogP contribution < -0.4 is 5.32 Å². The summed E-state index contributed by atoms with van der Waals surface area (Å²) in [5.74, 6) is -0.621. The van der Waals surface area contributed by atoms with Gasteiger partial charge < -0.3 is 24.2 Å². The van der Waals surface area contributed by atoms with E-state index in [1.165, 1.54) is 90.4 Å². The lowest BCUT2D eigenvalue weighted by Gasteiger charge is -2.24. The minimum atomic E-state index is -4.33. The van der Waals surface area contributed by atoms with Crippen LogP contribution in [-0.2, 0) is 27.9 Å². The molecule has 0 heterocycles. The molecular formula is C29H60N2O8P+. The van der Waals surface area contributed by atoms with Gasteiger partial charge >= 0.3 is 19.9 Å². The largest absolute Gasteiger partial charge is 0.472 e. The maximum absolute atomic E-state index is 12.1. The van der Waals surface area contributed by atoms with Gasteiger partial charge in [0, 0.05) is 13.5 Å². The maximum atomic E-state index is 12.1. The number of phosphoric acid groups is 1. The van der Waals surface area contributed by atoms with Gasteiger partial charge in [0.25, 0.3) is 0 Å². The van der Waals surface area contributed by atoms with E-state index < -0.39 is 32.6 Å². The number of carbonyl (C=O) groups excluding carboxylic acids is 2. The number of hydrogen-bond acceptors (Lipinski definition) is 7. The van der Waals surface area contributed by atoms with Crippen molar-refractivity contribution in [1.29, 1.82) is 0 Å². The Morgan fingerprint density at radius 1 is 0.775 bits per heavy atom. The molecule has 0 saturated heterocycles. The van der Waals surface area contributed by atoms with Crippen LogP contribution in [0.1, 0.15) is 117 Å². The van der Waals surface area contributed by atoms with Crippen molar-refractivity contribution in [3.05, 3.63) is 0 Å². The summed E-state index contributed by atoms with van der Waals surface area (Å²) in [6, 6.07) is 0. The molecular weight excluding hydrogens is 535 g/mol. The Labute approximate surface area is 244 Å². The Morgan fingerprint density at radius 2 is 1.25 bits per heavy atom. The highest BCUT2D eigenvalue weighted by atomic mass is 31.2. The molecule has 0 aromatic carbocycles. The van der Waals surface area contributed by atoms with Crippen LogP contribution in [0.4, 0.5) is 4.79 Å². The third-order valence-corrected chi connectivity index (χ3v) is 7.46. The number of nitrogens with zero attached hydrogens (tertiary/aromatic N) is 1. The van der Waals surface area contributed by atoms with Crippen molar-refractivity contribution in [3.63, 3.8) is 0 Å². The summed E-state index contributed by atoms with van der Waals surface area (Å²) in [5.41, 5.74) is 0. The van der Waals surface area contributed by atoms with Crippen LogP contribution in [0.25, 0.3) is 0 Å². The Morgan fingerprint density at radius 3 is 1.70 bits per heavy atom. The fourth-order valence-electron chi connectivity index (χ4n) is 4.08. The molecule has 0 saturated carbocycles. The molecule has 238 valence electrons. The lowest BCUT2D eigenvalue weighted by molar-refractivity contribution is -0.870. The number of esters is 1. The fourth-order valence-corrected chi connectivity index (χ4v) is 4.82. The Balaban J connectivity index is 3.80. The molecule has 40 heavy (non-hydrogen) atoms. The fraction of sp³-hybridized carbons (Fsp3) is 0.931. The Hall–Kier alpha value is -1.19. The van der Waals surface area contributed by atoms with Crippen molar-refractivity contribution in [2.24, 2.45) is 0 Å².